The maximum Gasteiger partial charge on any atom is 0.323 e. The van der Waals surface area contributed by atoms with Gasteiger partial charge in [0.25, 0.3) is 5.56 Å². The van der Waals surface area contributed by atoms with Gasteiger partial charge in [0.15, 0.2) is 0 Å². The number of aliphatic carboxylic acids is 1. The van der Waals surface area contributed by atoms with Crippen LogP contribution in [0, 0.1) is 0 Å². The molecule has 0 unspecified atom stereocenters. The van der Waals surface area contributed by atoms with Crippen LogP contribution in [0.4, 0.5) is 5.69 Å². The molecule has 1 fully saturated rings. The Morgan fingerprint density at radius 3 is 2.65 bits per heavy atom. The van der Waals surface area contributed by atoms with Crippen molar-refractivity contribution in [3.63, 3.8) is 0 Å². The van der Waals surface area contributed by atoms with Gasteiger partial charge in [-0.1, -0.05) is 0 Å². The molecule has 92 valence electrons. The smallest absolute Gasteiger partial charge is 0.323 e. The zero-order valence-electron chi connectivity index (χ0n) is 9.63. The van der Waals surface area contributed by atoms with Crippen LogP contribution in [0.1, 0.15) is 19.3 Å². The first-order chi connectivity index (χ1) is 8.18. The van der Waals surface area contributed by atoms with Crippen molar-refractivity contribution in [2.45, 2.75) is 25.8 Å². The molecule has 17 heavy (non-hydrogen) atoms. The van der Waals surface area contributed by atoms with Gasteiger partial charge in [-0.15, -0.1) is 0 Å². The molecule has 1 aromatic heterocycles. The zero-order valence-corrected chi connectivity index (χ0v) is 9.63. The number of hydrogen-bond acceptors (Lipinski definition) is 3. The Labute approximate surface area is 99.3 Å². The molecule has 1 aliphatic rings. The van der Waals surface area contributed by atoms with E-state index >= 15 is 0 Å². The van der Waals surface area contributed by atoms with E-state index in [0.717, 1.165) is 25.9 Å². The quantitative estimate of drug-likeness (QED) is 0.847. The molecule has 5 heteroatoms. The Balaban J connectivity index is 2.28. The Kier molecular flexibility index (Phi) is 3.46. The van der Waals surface area contributed by atoms with Crippen molar-refractivity contribution in [2.24, 2.45) is 0 Å². The number of aromatic nitrogens is 1. The fourth-order valence-electron chi connectivity index (χ4n) is 2.17. The van der Waals surface area contributed by atoms with Gasteiger partial charge >= 0.3 is 5.97 Å². The van der Waals surface area contributed by atoms with Crippen molar-refractivity contribution in [3.8, 4) is 0 Å². The highest BCUT2D eigenvalue weighted by Crippen LogP contribution is 2.15. The van der Waals surface area contributed by atoms with Crippen LogP contribution < -0.4 is 10.5 Å². The van der Waals surface area contributed by atoms with Gasteiger partial charge in [0.2, 0.25) is 0 Å². The van der Waals surface area contributed by atoms with E-state index in [4.69, 9.17) is 5.11 Å². The van der Waals surface area contributed by atoms with E-state index < -0.39 is 5.97 Å². The Hall–Kier alpha value is -1.78. The predicted octanol–water partition coefficient (Wildman–Crippen LogP) is 0.923. The number of anilines is 1. The summed E-state index contributed by atoms with van der Waals surface area (Å²) < 4.78 is 1.24. The highest BCUT2D eigenvalue weighted by molar-refractivity contribution is 5.66. The number of pyridine rings is 1. The minimum atomic E-state index is -0.997. The van der Waals surface area contributed by atoms with Gasteiger partial charge in [-0.25, -0.2) is 0 Å². The SMILES string of the molecule is O=C(O)Cn1cccc(N2CCCCC2)c1=O. The summed E-state index contributed by atoms with van der Waals surface area (Å²) in [7, 11) is 0. The molecule has 0 spiro atoms. The van der Waals surface area contributed by atoms with E-state index in [0.29, 0.717) is 5.69 Å². The summed E-state index contributed by atoms with van der Waals surface area (Å²) in [5, 5.41) is 8.72. The first-order valence-corrected chi connectivity index (χ1v) is 5.84. The van der Waals surface area contributed by atoms with Crippen molar-refractivity contribution >= 4 is 11.7 Å². The number of carboxylic acid groups (broad SMARTS) is 1. The fourth-order valence-corrected chi connectivity index (χ4v) is 2.17. The lowest BCUT2D eigenvalue weighted by Gasteiger charge is -2.28. The van der Waals surface area contributed by atoms with E-state index in [2.05, 4.69) is 0 Å². The molecule has 1 aromatic rings. The molecule has 0 aromatic carbocycles. The standard InChI is InChI=1S/C12H16N2O3/c15-11(16)9-14-8-4-5-10(12(14)17)13-6-2-1-3-7-13/h4-5,8H,1-3,6-7,9H2,(H,15,16). The number of carbonyl (C=O) groups is 1. The second kappa shape index (κ2) is 5.03. The molecule has 0 bridgehead atoms. The van der Waals surface area contributed by atoms with Gasteiger partial charge in [0.05, 0.1) is 0 Å². The van der Waals surface area contributed by atoms with Crippen molar-refractivity contribution in [3.05, 3.63) is 28.7 Å². The molecule has 5 nitrogen and oxygen atoms in total. The number of nitrogens with zero attached hydrogens (tertiary/aromatic N) is 2. The third-order valence-corrected chi connectivity index (χ3v) is 3.00. The lowest BCUT2D eigenvalue weighted by molar-refractivity contribution is -0.137. The molecule has 0 amide bonds. The van der Waals surface area contributed by atoms with Crippen LogP contribution in [0.25, 0.3) is 0 Å². The molecule has 2 heterocycles. The first-order valence-electron chi connectivity index (χ1n) is 5.84. The maximum absolute atomic E-state index is 12.1. The Morgan fingerprint density at radius 2 is 2.00 bits per heavy atom. The van der Waals surface area contributed by atoms with Crippen LogP contribution in [0.15, 0.2) is 23.1 Å². The normalized spacial score (nSPS) is 15.9. The van der Waals surface area contributed by atoms with Crippen LogP contribution in [-0.2, 0) is 11.3 Å². The maximum atomic E-state index is 12.1. The van der Waals surface area contributed by atoms with E-state index in [1.165, 1.54) is 17.2 Å². The molecule has 0 aliphatic carbocycles. The summed E-state index contributed by atoms with van der Waals surface area (Å²) in [5.41, 5.74) is 0.408. The predicted molar refractivity (Wildman–Crippen MR) is 64.4 cm³/mol. The van der Waals surface area contributed by atoms with Crippen LogP contribution >= 0.6 is 0 Å². The zero-order chi connectivity index (χ0) is 12.3. The van der Waals surface area contributed by atoms with E-state index in [1.54, 1.807) is 12.1 Å². The second-order valence-corrected chi connectivity index (χ2v) is 4.27. The summed E-state index contributed by atoms with van der Waals surface area (Å²) in [6.45, 7) is 1.49. The third-order valence-electron chi connectivity index (χ3n) is 3.00. The van der Waals surface area contributed by atoms with Crippen LogP contribution in [0.5, 0.6) is 0 Å². The molecule has 0 radical (unpaired) electrons. The Morgan fingerprint density at radius 1 is 1.29 bits per heavy atom. The summed E-state index contributed by atoms with van der Waals surface area (Å²) in [6.07, 6.45) is 4.90. The lowest BCUT2D eigenvalue weighted by atomic mass is 10.1. The molecule has 0 saturated carbocycles. The van der Waals surface area contributed by atoms with Crippen molar-refractivity contribution in [2.75, 3.05) is 18.0 Å². The summed E-state index contributed by atoms with van der Waals surface area (Å²) in [6, 6.07) is 3.50. The molecule has 1 saturated heterocycles. The van der Waals surface area contributed by atoms with Gasteiger partial charge in [-0.3, -0.25) is 9.59 Å². The number of carboxylic acids is 1. The summed E-state index contributed by atoms with van der Waals surface area (Å²) >= 11 is 0. The van der Waals surface area contributed by atoms with Crippen molar-refractivity contribution in [1.29, 1.82) is 0 Å². The lowest BCUT2D eigenvalue weighted by Crippen LogP contribution is -2.36. The molecule has 1 aliphatic heterocycles. The molecule has 1 N–H and O–H groups in total. The average molecular weight is 236 g/mol. The largest absolute Gasteiger partial charge is 0.480 e. The van der Waals surface area contributed by atoms with E-state index in [1.807, 2.05) is 4.90 Å². The highest BCUT2D eigenvalue weighted by Gasteiger charge is 2.15. The molecule has 0 atom stereocenters. The van der Waals surface area contributed by atoms with Crippen LogP contribution in [-0.4, -0.2) is 28.7 Å². The highest BCUT2D eigenvalue weighted by atomic mass is 16.4. The number of piperidine rings is 1. The third kappa shape index (κ3) is 2.67. The van der Waals surface area contributed by atoms with Crippen LogP contribution in [0.3, 0.4) is 0 Å². The van der Waals surface area contributed by atoms with Crippen LogP contribution in [0.2, 0.25) is 0 Å². The monoisotopic (exact) mass is 236 g/mol. The average Bonchev–Trinajstić information content (AvgIpc) is 2.32. The first kappa shape index (κ1) is 11.7. The topological polar surface area (TPSA) is 62.5 Å². The summed E-state index contributed by atoms with van der Waals surface area (Å²) in [5.74, 6) is -0.997. The minimum absolute atomic E-state index is 0.211. The van der Waals surface area contributed by atoms with Gasteiger partial charge < -0.3 is 14.6 Å². The van der Waals surface area contributed by atoms with E-state index in [-0.39, 0.29) is 12.1 Å². The number of rotatable bonds is 3. The minimum Gasteiger partial charge on any atom is -0.480 e. The molecule has 2 rings (SSSR count). The number of hydrogen-bond donors (Lipinski definition) is 1. The van der Waals surface area contributed by atoms with Gasteiger partial charge in [0, 0.05) is 19.3 Å². The van der Waals surface area contributed by atoms with E-state index in [9.17, 15) is 9.59 Å². The van der Waals surface area contributed by atoms with Crippen molar-refractivity contribution in [1.82, 2.24) is 4.57 Å². The van der Waals surface area contributed by atoms with Gasteiger partial charge in [-0.05, 0) is 31.4 Å². The van der Waals surface area contributed by atoms with Gasteiger partial charge in [-0.2, -0.15) is 0 Å². The van der Waals surface area contributed by atoms with Crippen molar-refractivity contribution < 1.29 is 9.90 Å². The molecular weight excluding hydrogens is 220 g/mol. The second-order valence-electron chi connectivity index (χ2n) is 4.27. The Bertz CT molecular complexity index is 461. The molecular formula is C12H16N2O3. The summed E-state index contributed by atoms with van der Waals surface area (Å²) in [4.78, 5) is 24.7. The van der Waals surface area contributed by atoms with Gasteiger partial charge in [0.1, 0.15) is 12.2 Å². The fraction of sp³-hybridized carbons (Fsp3) is 0.500.